The number of ether oxygens (including phenoxy) is 1. The maximum absolute atomic E-state index is 11.3. The van der Waals surface area contributed by atoms with Crippen molar-refractivity contribution in [2.75, 3.05) is 6.61 Å². The van der Waals surface area contributed by atoms with Crippen molar-refractivity contribution >= 4 is 5.97 Å². The SMILES string of the molecule is CCCCC[C@@H](O)[C@@](C)(O)C(=O)OCC. The van der Waals surface area contributed by atoms with Gasteiger partial charge in [0.15, 0.2) is 5.60 Å². The standard InChI is InChI=1S/C11H22O4/c1-4-6-7-8-9(12)11(3,14)10(13)15-5-2/h9,12,14H,4-8H2,1-3H3/t9-,11-/m1/s1. The molecule has 2 atom stereocenters. The van der Waals surface area contributed by atoms with Crippen LogP contribution < -0.4 is 0 Å². The third-order valence-corrected chi connectivity index (χ3v) is 2.42. The molecule has 0 aliphatic carbocycles. The fourth-order valence-corrected chi connectivity index (χ4v) is 1.28. The Labute approximate surface area is 91.3 Å². The van der Waals surface area contributed by atoms with Crippen LogP contribution in [0.5, 0.6) is 0 Å². The van der Waals surface area contributed by atoms with Crippen LogP contribution in [0.4, 0.5) is 0 Å². The maximum Gasteiger partial charge on any atom is 0.340 e. The van der Waals surface area contributed by atoms with E-state index in [9.17, 15) is 15.0 Å². The predicted molar refractivity (Wildman–Crippen MR) is 57.4 cm³/mol. The molecule has 0 heterocycles. The van der Waals surface area contributed by atoms with E-state index in [-0.39, 0.29) is 6.61 Å². The lowest BCUT2D eigenvalue weighted by atomic mass is 9.94. The Hall–Kier alpha value is -0.610. The van der Waals surface area contributed by atoms with Crippen LogP contribution in [0.1, 0.15) is 46.5 Å². The van der Waals surface area contributed by atoms with E-state index in [2.05, 4.69) is 11.7 Å². The molecule has 4 heteroatoms. The van der Waals surface area contributed by atoms with Crippen LogP contribution >= 0.6 is 0 Å². The third-order valence-electron chi connectivity index (χ3n) is 2.42. The van der Waals surface area contributed by atoms with Gasteiger partial charge in [-0.15, -0.1) is 0 Å². The van der Waals surface area contributed by atoms with E-state index < -0.39 is 17.7 Å². The average molecular weight is 218 g/mol. The van der Waals surface area contributed by atoms with Gasteiger partial charge in [0.1, 0.15) is 0 Å². The Morgan fingerprint density at radius 1 is 1.40 bits per heavy atom. The summed E-state index contributed by atoms with van der Waals surface area (Å²) in [4.78, 5) is 11.3. The van der Waals surface area contributed by atoms with Gasteiger partial charge in [-0.25, -0.2) is 4.79 Å². The first-order valence-electron chi connectivity index (χ1n) is 5.54. The molecule has 0 aromatic heterocycles. The van der Waals surface area contributed by atoms with Gasteiger partial charge < -0.3 is 14.9 Å². The molecule has 2 N–H and O–H groups in total. The molecule has 0 saturated heterocycles. The topological polar surface area (TPSA) is 66.8 Å². The van der Waals surface area contributed by atoms with Gasteiger partial charge >= 0.3 is 5.97 Å². The lowest BCUT2D eigenvalue weighted by Crippen LogP contribution is -2.47. The lowest BCUT2D eigenvalue weighted by Gasteiger charge is -2.26. The first kappa shape index (κ1) is 14.4. The van der Waals surface area contributed by atoms with Gasteiger partial charge in [0.2, 0.25) is 0 Å². The number of hydrogen-bond donors (Lipinski definition) is 2. The van der Waals surface area contributed by atoms with Gasteiger partial charge in [-0.1, -0.05) is 26.2 Å². The first-order valence-corrected chi connectivity index (χ1v) is 5.54. The van der Waals surface area contributed by atoms with E-state index in [1.54, 1.807) is 6.92 Å². The molecule has 0 saturated carbocycles. The van der Waals surface area contributed by atoms with Crippen LogP contribution in [0.2, 0.25) is 0 Å². The van der Waals surface area contributed by atoms with E-state index in [1.165, 1.54) is 6.92 Å². The van der Waals surface area contributed by atoms with Crippen molar-refractivity contribution in [1.29, 1.82) is 0 Å². The largest absolute Gasteiger partial charge is 0.464 e. The zero-order chi connectivity index (χ0) is 11.9. The van der Waals surface area contributed by atoms with Crippen LogP contribution in [0, 0.1) is 0 Å². The fraction of sp³-hybridized carbons (Fsp3) is 0.909. The smallest absolute Gasteiger partial charge is 0.340 e. The molecule has 0 amide bonds. The summed E-state index contributed by atoms with van der Waals surface area (Å²) in [5.74, 6) is -0.756. The average Bonchev–Trinajstić information content (AvgIpc) is 2.18. The Kier molecular flexibility index (Phi) is 6.52. The molecule has 0 aliphatic heterocycles. The minimum absolute atomic E-state index is 0.205. The number of unbranched alkanes of at least 4 members (excludes halogenated alkanes) is 2. The summed E-state index contributed by atoms with van der Waals surface area (Å²) in [5, 5.41) is 19.4. The highest BCUT2D eigenvalue weighted by Crippen LogP contribution is 2.17. The molecule has 0 bridgehead atoms. The molecule has 0 aromatic rings. The number of rotatable bonds is 7. The zero-order valence-electron chi connectivity index (χ0n) is 9.82. The van der Waals surface area contributed by atoms with Crippen molar-refractivity contribution < 1.29 is 19.7 Å². The van der Waals surface area contributed by atoms with Gasteiger partial charge in [0, 0.05) is 0 Å². The molecule has 0 fully saturated rings. The van der Waals surface area contributed by atoms with Gasteiger partial charge in [0.25, 0.3) is 0 Å². The number of carbonyl (C=O) groups excluding carboxylic acids is 1. The van der Waals surface area contributed by atoms with Gasteiger partial charge in [-0.2, -0.15) is 0 Å². The van der Waals surface area contributed by atoms with Gasteiger partial charge in [-0.05, 0) is 20.3 Å². The van der Waals surface area contributed by atoms with Crippen LogP contribution in [0.25, 0.3) is 0 Å². The monoisotopic (exact) mass is 218 g/mol. The molecule has 90 valence electrons. The van der Waals surface area contributed by atoms with E-state index in [4.69, 9.17) is 0 Å². The van der Waals surface area contributed by atoms with Crippen LogP contribution in [-0.2, 0) is 9.53 Å². The first-order chi connectivity index (χ1) is 6.96. The molecule has 0 spiro atoms. The maximum atomic E-state index is 11.3. The normalized spacial score (nSPS) is 16.9. The molecular formula is C11H22O4. The Bertz CT molecular complexity index is 189. The molecule has 0 rings (SSSR count). The van der Waals surface area contributed by atoms with E-state index in [1.807, 2.05) is 0 Å². The minimum Gasteiger partial charge on any atom is -0.464 e. The number of esters is 1. The van der Waals surface area contributed by atoms with Crippen LogP contribution in [-0.4, -0.2) is 34.5 Å². The quantitative estimate of drug-likeness (QED) is 0.498. The highest BCUT2D eigenvalue weighted by Gasteiger charge is 2.39. The highest BCUT2D eigenvalue weighted by molar-refractivity contribution is 5.79. The molecule has 0 unspecified atom stereocenters. The van der Waals surface area contributed by atoms with Crippen molar-refractivity contribution in [3.63, 3.8) is 0 Å². The van der Waals surface area contributed by atoms with Crippen molar-refractivity contribution in [3.05, 3.63) is 0 Å². The second-order valence-corrected chi connectivity index (χ2v) is 3.88. The fourth-order valence-electron chi connectivity index (χ4n) is 1.28. The summed E-state index contributed by atoms with van der Waals surface area (Å²) in [6, 6.07) is 0. The van der Waals surface area contributed by atoms with E-state index in [0.717, 1.165) is 19.3 Å². The Morgan fingerprint density at radius 3 is 2.47 bits per heavy atom. The molecule has 15 heavy (non-hydrogen) atoms. The number of aliphatic hydroxyl groups excluding tert-OH is 1. The van der Waals surface area contributed by atoms with Gasteiger partial charge in [-0.3, -0.25) is 0 Å². The van der Waals surface area contributed by atoms with Crippen molar-refractivity contribution in [3.8, 4) is 0 Å². The Balaban J connectivity index is 4.12. The summed E-state index contributed by atoms with van der Waals surface area (Å²) in [7, 11) is 0. The summed E-state index contributed by atoms with van der Waals surface area (Å²) in [5.41, 5.74) is -1.79. The summed E-state index contributed by atoms with van der Waals surface area (Å²) >= 11 is 0. The second kappa shape index (κ2) is 6.80. The molecule has 0 aliphatic rings. The van der Waals surface area contributed by atoms with Gasteiger partial charge in [0.05, 0.1) is 12.7 Å². The molecular weight excluding hydrogens is 196 g/mol. The number of hydrogen-bond acceptors (Lipinski definition) is 4. The summed E-state index contributed by atoms with van der Waals surface area (Å²) < 4.78 is 4.69. The van der Waals surface area contributed by atoms with Crippen molar-refractivity contribution in [1.82, 2.24) is 0 Å². The molecule has 4 nitrogen and oxygen atoms in total. The second-order valence-electron chi connectivity index (χ2n) is 3.88. The predicted octanol–water partition coefficient (Wildman–Crippen LogP) is 1.24. The lowest BCUT2D eigenvalue weighted by molar-refractivity contribution is -0.175. The van der Waals surface area contributed by atoms with E-state index in [0.29, 0.717) is 6.42 Å². The summed E-state index contributed by atoms with van der Waals surface area (Å²) in [6.07, 6.45) is 2.18. The number of carbonyl (C=O) groups is 1. The number of aliphatic hydroxyl groups is 2. The third kappa shape index (κ3) is 4.62. The Morgan fingerprint density at radius 2 is 2.00 bits per heavy atom. The van der Waals surface area contributed by atoms with Crippen molar-refractivity contribution in [2.45, 2.75) is 58.2 Å². The molecule has 0 aromatic carbocycles. The van der Waals surface area contributed by atoms with Crippen LogP contribution in [0.15, 0.2) is 0 Å². The van der Waals surface area contributed by atoms with Crippen molar-refractivity contribution in [2.24, 2.45) is 0 Å². The highest BCUT2D eigenvalue weighted by atomic mass is 16.6. The van der Waals surface area contributed by atoms with Crippen LogP contribution in [0.3, 0.4) is 0 Å². The molecule has 0 radical (unpaired) electrons. The summed E-state index contributed by atoms with van der Waals surface area (Å²) in [6.45, 7) is 5.21. The minimum atomic E-state index is -1.79. The zero-order valence-corrected chi connectivity index (χ0v) is 9.82. The van der Waals surface area contributed by atoms with E-state index >= 15 is 0 Å².